The molecule has 0 bridgehead atoms. The standard InChI is InChI=1S/C39H46N4O8S2/c1-27(46)41-32(37(50)40-20-23-45)25-52-34-24-36(49)43(38(34)51)21-19-35(48)42-31(33(47)18-11-22-44)26-53-39(28-12-5-2-6-13-28,29-14-7-3-8-15-29)30-16-9-4-10-17-30/h2-10,12-17,31-32,34,44-45H,11,18-26H2,1H3,(H,40,50)(H,41,46)(H,42,48). The van der Waals surface area contributed by atoms with Crippen LogP contribution in [0.5, 0.6) is 0 Å². The van der Waals surface area contributed by atoms with E-state index in [1.165, 1.54) is 18.7 Å². The highest BCUT2D eigenvalue weighted by Crippen LogP contribution is 2.48. The Morgan fingerprint density at radius 3 is 1.87 bits per heavy atom. The Labute approximate surface area is 317 Å². The fourth-order valence-electron chi connectivity index (χ4n) is 6.06. The van der Waals surface area contributed by atoms with E-state index in [2.05, 4.69) is 16.0 Å². The van der Waals surface area contributed by atoms with Crippen LogP contribution in [0.4, 0.5) is 0 Å². The molecule has 0 saturated carbocycles. The van der Waals surface area contributed by atoms with Crippen molar-refractivity contribution in [3.05, 3.63) is 108 Å². The number of Topliss-reactive ketones (excluding diaryl/α,β-unsaturated/α-hetero) is 1. The summed E-state index contributed by atoms with van der Waals surface area (Å²) in [5.74, 6) is -2.50. The molecule has 0 spiro atoms. The number of aliphatic hydroxyl groups is 2. The number of rotatable bonds is 21. The van der Waals surface area contributed by atoms with Crippen molar-refractivity contribution in [3.63, 3.8) is 0 Å². The molecule has 3 aromatic carbocycles. The van der Waals surface area contributed by atoms with Crippen LogP contribution in [0.2, 0.25) is 0 Å². The molecule has 3 aromatic rings. The Kier molecular flexibility index (Phi) is 16.1. The summed E-state index contributed by atoms with van der Waals surface area (Å²) < 4.78 is -0.746. The molecule has 53 heavy (non-hydrogen) atoms. The normalized spacial score (nSPS) is 15.5. The number of benzene rings is 3. The highest BCUT2D eigenvalue weighted by molar-refractivity contribution is 8.01. The Morgan fingerprint density at radius 1 is 0.792 bits per heavy atom. The van der Waals surface area contributed by atoms with Crippen molar-refractivity contribution in [3.8, 4) is 0 Å². The third-order valence-electron chi connectivity index (χ3n) is 8.65. The van der Waals surface area contributed by atoms with Gasteiger partial charge in [0.05, 0.1) is 22.6 Å². The first-order chi connectivity index (χ1) is 25.6. The predicted molar refractivity (Wildman–Crippen MR) is 205 cm³/mol. The molecule has 5 amide bonds. The molecule has 3 unspecified atom stereocenters. The van der Waals surface area contributed by atoms with Crippen molar-refractivity contribution in [1.82, 2.24) is 20.9 Å². The Morgan fingerprint density at radius 2 is 1.36 bits per heavy atom. The summed E-state index contributed by atoms with van der Waals surface area (Å²) in [7, 11) is 0. The number of ketones is 1. The molecule has 14 heteroatoms. The average molecular weight is 763 g/mol. The molecule has 0 aliphatic carbocycles. The van der Waals surface area contributed by atoms with E-state index in [4.69, 9.17) is 5.11 Å². The first kappa shape index (κ1) is 41.3. The molecule has 3 atom stereocenters. The Bertz CT molecular complexity index is 1600. The molecular formula is C39H46N4O8S2. The van der Waals surface area contributed by atoms with Crippen molar-refractivity contribution in [2.45, 2.75) is 54.7 Å². The van der Waals surface area contributed by atoms with Crippen molar-refractivity contribution in [2.75, 3.05) is 37.8 Å². The molecule has 1 fully saturated rings. The van der Waals surface area contributed by atoms with Crippen LogP contribution in [0.25, 0.3) is 0 Å². The smallest absolute Gasteiger partial charge is 0.243 e. The van der Waals surface area contributed by atoms with Gasteiger partial charge in [-0.15, -0.1) is 23.5 Å². The Hall–Kier alpha value is -4.50. The highest BCUT2D eigenvalue weighted by Gasteiger charge is 2.41. The predicted octanol–water partition coefficient (Wildman–Crippen LogP) is 2.40. The summed E-state index contributed by atoms with van der Waals surface area (Å²) in [5.41, 5.74) is 2.97. The van der Waals surface area contributed by atoms with Crippen LogP contribution in [0.1, 0.15) is 49.3 Å². The molecule has 1 heterocycles. The van der Waals surface area contributed by atoms with Crippen molar-refractivity contribution in [1.29, 1.82) is 0 Å². The maximum atomic E-state index is 13.5. The number of hydrogen-bond acceptors (Lipinski definition) is 10. The molecule has 282 valence electrons. The Balaban J connectivity index is 1.47. The van der Waals surface area contributed by atoms with E-state index in [1.807, 2.05) is 91.0 Å². The van der Waals surface area contributed by atoms with Crippen LogP contribution in [-0.4, -0.2) is 106 Å². The zero-order chi connectivity index (χ0) is 38.2. The molecule has 12 nitrogen and oxygen atoms in total. The van der Waals surface area contributed by atoms with Crippen LogP contribution >= 0.6 is 23.5 Å². The van der Waals surface area contributed by atoms with E-state index in [0.29, 0.717) is 0 Å². The maximum Gasteiger partial charge on any atom is 0.243 e. The summed E-state index contributed by atoms with van der Waals surface area (Å²) in [6.45, 7) is 0.592. The molecule has 1 aliphatic rings. The summed E-state index contributed by atoms with van der Waals surface area (Å²) in [6.07, 6.45) is -0.0759. The molecule has 0 radical (unpaired) electrons. The fraction of sp³-hybridized carbons (Fsp3) is 0.385. The number of nitrogens with zero attached hydrogens (tertiary/aromatic N) is 1. The second-order valence-corrected chi connectivity index (χ2v) is 14.9. The minimum atomic E-state index is -0.977. The van der Waals surface area contributed by atoms with Gasteiger partial charge in [-0.05, 0) is 23.1 Å². The number of thioether (sulfide) groups is 2. The van der Waals surface area contributed by atoms with Crippen molar-refractivity contribution < 1.29 is 39.0 Å². The van der Waals surface area contributed by atoms with Gasteiger partial charge in [-0.3, -0.25) is 33.7 Å². The minimum absolute atomic E-state index is 0.00318. The number of hydrogen-bond donors (Lipinski definition) is 5. The van der Waals surface area contributed by atoms with Gasteiger partial charge < -0.3 is 26.2 Å². The zero-order valence-corrected chi connectivity index (χ0v) is 31.2. The quantitative estimate of drug-likeness (QED) is 0.0799. The molecule has 1 saturated heterocycles. The molecule has 1 aliphatic heterocycles. The molecule has 0 aromatic heterocycles. The van der Waals surface area contributed by atoms with Crippen LogP contribution < -0.4 is 16.0 Å². The molecular weight excluding hydrogens is 717 g/mol. The van der Waals surface area contributed by atoms with E-state index >= 15 is 0 Å². The summed E-state index contributed by atoms with van der Waals surface area (Å²) in [6, 6.07) is 27.9. The van der Waals surface area contributed by atoms with Gasteiger partial charge in [0, 0.05) is 57.4 Å². The van der Waals surface area contributed by atoms with Gasteiger partial charge in [-0.1, -0.05) is 91.0 Å². The summed E-state index contributed by atoms with van der Waals surface area (Å²) in [5, 5.41) is 25.5. The monoisotopic (exact) mass is 762 g/mol. The highest BCUT2D eigenvalue weighted by atomic mass is 32.2. The minimum Gasteiger partial charge on any atom is -0.396 e. The van der Waals surface area contributed by atoms with E-state index in [0.717, 1.165) is 33.4 Å². The lowest BCUT2D eigenvalue weighted by molar-refractivity contribution is -0.139. The van der Waals surface area contributed by atoms with E-state index in [-0.39, 0.29) is 69.3 Å². The van der Waals surface area contributed by atoms with Gasteiger partial charge in [0.15, 0.2) is 5.78 Å². The lowest BCUT2D eigenvalue weighted by atomic mass is 9.84. The average Bonchev–Trinajstić information content (AvgIpc) is 3.45. The number of likely N-dealkylation sites (tertiary alicyclic amines) is 1. The molecule has 4 rings (SSSR count). The van der Waals surface area contributed by atoms with Crippen LogP contribution in [0.3, 0.4) is 0 Å². The van der Waals surface area contributed by atoms with Crippen molar-refractivity contribution >= 4 is 58.8 Å². The van der Waals surface area contributed by atoms with Gasteiger partial charge in [-0.25, -0.2) is 0 Å². The topological polar surface area (TPSA) is 182 Å². The second-order valence-electron chi connectivity index (χ2n) is 12.4. The number of aliphatic hydroxyl groups excluding tert-OH is 2. The largest absolute Gasteiger partial charge is 0.396 e. The number of carbonyl (C=O) groups excluding carboxylic acids is 6. The second kappa shape index (κ2) is 20.7. The number of amides is 5. The van der Waals surface area contributed by atoms with Gasteiger partial charge in [0.2, 0.25) is 29.5 Å². The first-order valence-electron chi connectivity index (χ1n) is 17.5. The van der Waals surface area contributed by atoms with Crippen LogP contribution in [0.15, 0.2) is 91.0 Å². The van der Waals surface area contributed by atoms with E-state index < -0.39 is 51.6 Å². The molecule has 5 N–H and O–H groups in total. The van der Waals surface area contributed by atoms with Gasteiger partial charge in [0.1, 0.15) is 6.04 Å². The summed E-state index contributed by atoms with van der Waals surface area (Å²) in [4.78, 5) is 78.2. The maximum absolute atomic E-state index is 13.5. The van der Waals surface area contributed by atoms with Gasteiger partial charge in [-0.2, -0.15) is 0 Å². The van der Waals surface area contributed by atoms with Gasteiger partial charge >= 0.3 is 0 Å². The van der Waals surface area contributed by atoms with Crippen molar-refractivity contribution in [2.24, 2.45) is 0 Å². The SMILES string of the molecule is CC(=O)NC(CSC1CC(=O)N(CCC(=O)NC(CSC(c2ccccc2)(c2ccccc2)c2ccccc2)C(=O)CCCO)C1=O)C(=O)NCCO. The van der Waals surface area contributed by atoms with Crippen LogP contribution in [-0.2, 0) is 33.5 Å². The number of carbonyl (C=O) groups is 6. The zero-order valence-electron chi connectivity index (χ0n) is 29.6. The first-order valence-corrected chi connectivity index (χ1v) is 19.5. The number of imide groups is 1. The third kappa shape index (κ3) is 11.2. The fourth-order valence-corrected chi connectivity index (χ4v) is 8.84. The van der Waals surface area contributed by atoms with Crippen LogP contribution in [0, 0.1) is 0 Å². The summed E-state index contributed by atoms with van der Waals surface area (Å²) >= 11 is 2.57. The van der Waals surface area contributed by atoms with Gasteiger partial charge in [0.25, 0.3) is 0 Å². The van der Waals surface area contributed by atoms with E-state index in [1.54, 1.807) is 0 Å². The lowest BCUT2D eigenvalue weighted by Gasteiger charge is -2.36. The third-order valence-corrected chi connectivity index (χ3v) is 11.6. The lowest BCUT2D eigenvalue weighted by Crippen LogP contribution is -2.48. The number of nitrogens with one attached hydrogen (secondary N) is 3. The van der Waals surface area contributed by atoms with E-state index in [9.17, 15) is 33.9 Å².